The van der Waals surface area contributed by atoms with Gasteiger partial charge in [-0.3, -0.25) is 0 Å². The fourth-order valence-electron chi connectivity index (χ4n) is 3.92. The van der Waals surface area contributed by atoms with Gasteiger partial charge in [0.25, 0.3) is 0 Å². The number of oxime groups is 1. The minimum absolute atomic E-state index is 0.0318. The summed E-state index contributed by atoms with van der Waals surface area (Å²) in [6.45, 7) is 0.442. The van der Waals surface area contributed by atoms with Gasteiger partial charge in [0.2, 0.25) is 0 Å². The van der Waals surface area contributed by atoms with Crippen LogP contribution in [-0.2, 0) is 11.4 Å². The van der Waals surface area contributed by atoms with Gasteiger partial charge >= 0.3 is 0 Å². The Bertz CT molecular complexity index is 804. The molecule has 0 amide bonds. The first-order valence-corrected chi connectivity index (χ1v) is 12.5. The van der Waals surface area contributed by atoms with Crippen LogP contribution >= 0.6 is 23.4 Å². The van der Waals surface area contributed by atoms with E-state index < -0.39 is 0 Å². The molecule has 2 aromatic rings. The smallest absolute Gasteiger partial charge is 0.142 e. The quantitative estimate of drug-likeness (QED) is 0.169. The molecule has 1 saturated carbocycles. The van der Waals surface area contributed by atoms with Gasteiger partial charge in [0.15, 0.2) is 0 Å². The fourth-order valence-corrected chi connectivity index (χ4v) is 4.80. The molecule has 1 aliphatic carbocycles. The number of nitrogens with zero attached hydrogens (tertiary/aromatic N) is 1. The van der Waals surface area contributed by atoms with E-state index in [4.69, 9.17) is 16.4 Å². The van der Waals surface area contributed by atoms with Crippen LogP contribution in [0, 0.1) is 11.8 Å². The van der Waals surface area contributed by atoms with Crippen LogP contribution in [0.15, 0.2) is 76.8 Å². The Kier molecular flexibility index (Phi) is 10.5. The van der Waals surface area contributed by atoms with Crippen molar-refractivity contribution in [2.45, 2.75) is 56.1 Å². The molecule has 31 heavy (non-hydrogen) atoms. The molecule has 0 radical (unpaired) electrons. The third-order valence-electron chi connectivity index (χ3n) is 5.71. The number of hydrogen-bond acceptors (Lipinski definition) is 4. The highest BCUT2D eigenvalue weighted by molar-refractivity contribution is 7.99. The summed E-state index contributed by atoms with van der Waals surface area (Å²) < 4.78 is 0. The highest BCUT2D eigenvalue weighted by Gasteiger charge is 2.27. The van der Waals surface area contributed by atoms with Crippen LogP contribution in [0.1, 0.15) is 44.1 Å². The van der Waals surface area contributed by atoms with Crippen LogP contribution in [0.5, 0.6) is 0 Å². The minimum atomic E-state index is -0.377. The zero-order chi connectivity index (χ0) is 21.7. The van der Waals surface area contributed by atoms with Crippen molar-refractivity contribution < 1.29 is 9.94 Å². The molecule has 0 unspecified atom stereocenters. The molecule has 0 spiro atoms. The normalized spacial score (nSPS) is 17.2. The zero-order valence-corrected chi connectivity index (χ0v) is 19.5. The van der Waals surface area contributed by atoms with Crippen molar-refractivity contribution >= 4 is 29.6 Å². The van der Waals surface area contributed by atoms with Crippen LogP contribution in [0.3, 0.4) is 0 Å². The maximum Gasteiger partial charge on any atom is 0.142 e. The molecule has 0 saturated heterocycles. The highest BCUT2D eigenvalue weighted by atomic mass is 35.5. The molecule has 5 heteroatoms. The van der Waals surface area contributed by atoms with Crippen LogP contribution in [0.25, 0.3) is 0 Å². The van der Waals surface area contributed by atoms with Gasteiger partial charge in [-0.2, -0.15) is 0 Å². The molecule has 0 bridgehead atoms. The summed E-state index contributed by atoms with van der Waals surface area (Å²) >= 11 is 7.71. The van der Waals surface area contributed by atoms with Gasteiger partial charge in [-0.15, -0.1) is 11.8 Å². The maximum atomic E-state index is 11.0. The third-order valence-corrected chi connectivity index (χ3v) is 6.92. The van der Waals surface area contributed by atoms with Gasteiger partial charge in [0.05, 0.1) is 6.10 Å². The van der Waals surface area contributed by atoms with Gasteiger partial charge in [-0.1, -0.05) is 78.5 Å². The molecule has 1 aliphatic rings. The van der Waals surface area contributed by atoms with Crippen molar-refractivity contribution in [2.75, 3.05) is 5.75 Å². The van der Waals surface area contributed by atoms with Crippen molar-refractivity contribution in [3.8, 4) is 0 Å². The molecule has 2 atom stereocenters. The summed E-state index contributed by atoms with van der Waals surface area (Å²) in [7, 11) is 0. The van der Waals surface area contributed by atoms with E-state index in [0.29, 0.717) is 12.5 Å². The number of allylic oxidation sites excluding steroid dienone is 1. The van der Waals surface area contributed by atoms with Gasteiger partial charge in [-0.05, 0) is 55.0 Å². The van der Waals surface area contributed by atoms with Crippen molar-refractivity contribution in [3.63, 3.8) is 0 Å². The monoisotopic (exact) mass is 457 g/mol. The lowest BCUT2D eigenvalue weighted by atomic mass is 9.80. The van der Waals surface area contributed by atoms with E-state index in [1.807, 2.05) is 54.6 Å². The van der Waals surface area contributed by atoms with Gasteiger partial charge < -0.3 is 9.94 Å². The van der Waals surface area contributed by atoms with E-state index in [1.165, 1.54) is 24.2 Å². The van der Waals surface area contributed by atoms with Crippen LogP contribution in [0.2, 0.25) is 5.02 Å². The Labute approximate surface area is 195 Å². The molecule has 1 fully saturated rings. The van der Waals surface area contributed by atoms with Gasteiger partial charge in [0.1, 0.15) is 6.61 Å². The number of halogens is 1. The second-order valence-electron chi connectivity index (χ2n) is 8.04. The Morgan fingerprint density at radius 1 is 1.03 bits per heavy atom. The first-order valence-electron chi connectivity index (χ1n) is 11.1. The Morgan fingerprint density at radius 2 is 1.77 bits per heavy atom. The molecule has 0 aliphatic heterocycles. The van der Waals surface area contributed by atoms with E-state index in [1.54, 1.807) is 18.0 Å². The van der Waals surface area contributed by atoms with Crippen LogP contribution in [0.4, 0.5) is 0 Å². The molecule has 3 rings (SSSR count). The van der Waals surface area contributed by atoms with Gasteiger partial charge in [-0.25, -0.2) is 0 Å². The maximum absolute atomic E-state index is 11.0. The van der Waals surface area contributed by atoms with Crippen molar-refractivity contribution in [1.29, 1.82) is 0 Å². The van der Waals surface area contributed by atoms with Crippen molar-refractivity contribution in [3.05, 3.63) is 77.3 Å². The molecule has 1 N–H and O–H groups in total. The molecular weight excluding hydrogens is 426 g/mol. The Morgan fingerprint density at radius 3 is 2.52 bits per heavy atom. The topological polar surface area (TPSA) is 41.8 Å². The minimum Gasteiger partial charge on any atom is -0.392 e. The first kappa shape index (κ1) is 23.9. The second-order valence-corrected chi connectivity index (χ2v) is 9.57. The van der Waals surface area contributed by atoms with Crippen LogP contribution in [-0.4, -0.2) is 23.2 Å². The Balaban J connectivity index is 1.51. The molecule has 2 aromatic carbocycles. The van der Waals surface area contributed by atoms with Crippen molar-refractivity contribution in [2.24, 2.45) is 17.0 Å². The molecule has 0 heterocycles. The fraction of sp³-hybridized carbons (Fsp3) is 0.423. The molecular formula is C26H32ClNO2S. The first-order chi connectivity index (χ1) is 15.2. The number of aliphatic hydroxyl groups is 1. The van der Waals surface area contributed by atoms with E-state index >= 15 is 0 Å². The average molecular weight is 458 g/mol. The Hall–Kier alpha value is -1.75. The number of thioether (sulfide) groups is 1. The number of hydrogen-bond donors (Lipinski definition) is 1. The van der Waals surface area contributed by atoms with E-state index in [0.717, 1.165) is 35.6 Å². The summed E-state index contributed by atoms with van der Waals surface area (Å²) in [5.74, 6) is 1.21. The van der Waals surface area contributed by atoms with E-state index in [-0.39, 0.29) is 12.0 Å². The van der Waals surface area contributed by atoms with Crippen LogP contribution < -0.4 is 0 Å². The predicted molar refractivity (Wildman–Crippen MR) is 132 cm³/mol. The second kappa shape index (κ2) is 13.6. The highest BCUT2D eigenvalue weighted by Crippen LogP contribution is 2.30. The molecule has 0 aromatic heterocycles. The SMILES string of the molecule is O[C@H](C1CCCCC1)[C@@H](/C=N/OCc1ccccc1)C/C=C/CSc1ccc(Cl)cc1. The average Bonchev–Trinajstić information content (AvgIpc) is 2.82. The summed E-state index contributed by atoms with van der Waals surface area (Å²) in [6.07, 6.45) is 12.4. The predicted octanol–water partition coefficient (Wildman–Crippen LogP) is 7.14. The molecule has 3 nitrogen and oxygen atoms in total. The molecule has 166 valence electrons. The summed E-state index contributed by atoms with van der Waals surface area (Å²) in [5, 5.41) is 16.0. The largest absolute Gasteiger partial charge is 0.392 e. The number of benzene rings is 2. The van der Waals surface area contributed by atoms with Gasteiger partial charge in [0, 0.05) is 27.8 Å². The number of aliphatic hydroxyl groups excluding tert-OH is 1. The summed E-state index contributed by atoms with van der Waals surface area (Å²) in [6, 6.07) is 17.9. The lowest BCUT2D eigenvalue weighted by Gasteiger charge is -2.30. The van der Waals surface area contributed by atoms with E-state index in [9.17, 15) is 5.11 Å². The summed E-state index contributed by atoms with van der Waals surface area (Å²) in [4.78, 5) is 6.70. The standard InChI is InChI=1S/C26H32ClNO2S/c27-24-14-16-25(17-15-24)31-18-8-7-13-23(26(29)22-11-5-2-6-12-22)19-28-30-20-21-9-3-1-4-10-21/h1,3-4,7-10,14-17,19,22-23,26,29H,2,5-6,11-13,18,20H2/b8-7+,28-19+/t23-,26-/m1/s1. The lowest BCUT2D eigenvalue weighted by Crippen LogP contribution is -2.31. The third kappa shape index (κ3) is 8.72. The summed E-state index contributed by atoms with van der Waals surface area (Å²) in [5.41, 5.74) is 1.09. The zero-order valence-electron chi connectivity index (χ0n) is 17.9. The van der Waals surface area contributed by atoms with Crippen molar-refractivity contribution in [1.82, 2.24) is 0 Å². The van der Waals surface area contributed by atoms with E-state index in [2.05, 4.69) is 17.3 Å². The number of rotatable bonds is 11. The lowest BCUT2D eigenvalue weighted by molar-refractivity contribution is 0.0557.